The third-order valence-electron chi connectivity index (χ3n) is 4.49. The number of amides is 2. The highest BCUT2D eigenvalue weighted by Crippen LogP contribution is 2.37. The van der Waals surface area contributed by atoms with Crippen molar-refractivity contribution in [1.29, 1.82) is 0 Å². The fourth-order valence-electron chi connectivity index (χ4n) is 2.90. The Hall–Kier alpha value is -3.32. The molecule has 1 aliphatic heterocycles. The van der Waals surface area contributed by atoms with E-state index in [0.717, 1.165) is 5.56 Å². The number of hydrogen-bond donors (Lipinski definition) is 3. The number of anilines is 2. The number of hydrogen-bond acceptors (Lipinski definition) is 5. The summed E-state index contributed by atoms with van der Waals surface area (Å²) in [5.41, 5.74) is 10.8. The van der Waals surface area contributed by atoms with Crippen LogP contribution in [0.1, 0.15) is 31.9 Å². The number of benzene rings is 2. The van der Waals surface area contributed by atoms with Crippen LogP contribution in [0.2, 0.25) is 0 Å². The van der Waals surface area contributed by atoms with Gasteiger partial charge in [0.2, 0.25) is 0 Å². The number of nitrogens with one attached hydrogen (secondary N) is 1. The molecule has 0 fully saturated rings. The second-order valence-electron chi connectivity index (χ2n) is 7.67. The molecule has 0 unspecified atom stereocenters. The van der Waals surface area contributed by atoms with E-state index in [1.165, 1.54) is 10.5 Å². The van der Waals surface area contributed by atoms with Crippen molar-refractivity contribution in [1.82, 2.24) is 5.43 Å². The zero-order valence-corrected chi connectivity index (χ0v) is 16.2. The van der Waals surface area contributed by atoms with E-state index in [4.69, 9.17) is 16.3 Å². The minimum atomic E-state index is -0.502. The molecule has 7 heteroatoms. The van der Waals surface area contributed by atoms with Crippen molar-refractivity contribution in [3.05, 3.63) is 59.4 Å². The molecular formula is C21H24N4O3. The summed E-state index contributed by atoms with van der Waals surface area (Å²) in [6, 6.07) is 12.8. The van der Waals surface area contributed by atoms with E-state index in [1.54, 1.807) is 24.3 Å². The largest absolute Gasteiger partial charge is 0.449 e. The summed E-state index contributed by atoms with van der Waals surface area (Å²) in [5, 5.41) is 0. The second-order valence-corrected chi connectivity index (χ2v) is 7.67. The number of carbonyl (C=O) groups is 2. The van der Waals surface area contributed by atoms with Crippen LogP contribution < -0.4 is 26.6 Å². The van der Waals surface area contributed by atoms with Crippen molar-refractivity contribution >= 4 is 29.3 Å². The van der Waals surface area contributed by atoms with E-state index in [0.29, 0.717) is 17.1 Å². The van der Waals surface area contributed by atoms with Gasteiger partial charge in [0.05, 0.1) is 5.69 Å². The molecule has 0 aromatic heterocycles. The van der Waals surface area contributed by atoms with Gasteiger partial charge in [0.25, 0.3) is 11.8 Å². The van der Waals surface area contributed by atoms with Crippen molar-refractivity contribution in [2.75, 3.05) is 17.2 Å². The molecule has 7 nitrogen and oxygen atoms in total. The van der Waals surface area contributed by atoms with Crippen molar-refractivity contribution in [2.45, 2.75) is 26.2 Å². The third-order valence-corrected chi connectivity index (χ3v) is 4.49. The summed E-state index contributed by atoms with van der Waals surface area (Å²) in [7, 11) is 0. The maximum Gasteiger partial charge on any atom is 0.294 e. The molecule has 2 aromatic carbocycles. The lowest BCUT2D eigenvalue weighted by Crippen LogP contribution is -2.45. The molecule has 2 amide bonds. The molecular weight excluding hydrogens is 356 g/mol. The van der Waals surface area contributed by atoms with Gasteiger partial charge in [-0.3, -0.25) is 19.9 Å². The Kier molecular flexibility index (Phi) is 5.11. The number of nitrogens with two attached hydrogens (primary N) is 2. The molecule has 3 rings (SSSR count). The average Bonchev–Trinajstić information content (AvgIpc) is 2.65. The van der Waals surface area contributed by atoms with Gasteiger partial charge in [-0.1, -0.05) is 45.0 Å². The first kappa shape index (κ1) is 19.4. The zero-order valence-electron chi connectivity index (χ0n) is 16.2. The Labute approximate surface area is 163 Å². The highest BCUT2D eigenvalue weighted by Gasteiger charge is 2.31. The Balaban J connectivity index is 1.98. The van der Waals surface area contributed by atoms with Gasteiger partial charge in [0.1, 0.15) is 6.54 Å². The van der Waals surface area contributed by atoms with Gasteiger partial charge >= 0.3 is 0 Å². The van der Waals surface area contributed by atoms with E-state index in [-0.39, 0.29) is 17.7 Å². The second kappa shape index (κ2) is 7.36. The summed E-state index contributed by atoms with van der Waals surface area (Å²) >= 11 is 0. The first-order valence-corrected chi connectivity index (χ1v) is 8.90. The van der Waals surface area contributed by atoms with Crippen molar-refractivity contribution in [2.24, 2.45) is 5.84 Å². The highest BCUT2D eigenvalue weighted by atomic mass is 16.5. The smallest absolute Gasteiger partial charge is 0.294 e. The average molecular weight is 380 g/mol. The normalized spacial score (nSPS) is 15.2. The van der Waals surface area contributed by atoms with Crippen LogP contribution in [0.3, 0.4) is 0 Å². The van der Waals surface area contributed by atoms with Gasteiger partial charge in [0.15, 0.2) is 11.5 Å². The van der Waals surface area contributed by atoms with E-state index in [9.17, 15) is 9.59 Å². The van der Waals surface area contributed by atoms with Crippen LogP contribution in [0.25, 0.3) is 6.08 Å². The molecule has 0 radical (unpaired) electrons. The standard InChI is InChI=1S/C21H24N4O3/c1-21(2,3)14-6-4-13(5-7-14)10-18-20(27)25(12-19(26)24-23)16-11-15(22)8-9-17(16)28-18/h4-11H,12,22-23H2,1-3H3,(H,24,26)/b18-10+. The molecule has 0 atom stereocenters. The summed E-state index contributed by atoms with van der Waals surface area (Å²) in [6.45, 7) is 6.17. The fourth-order valence-corrected chi connectivity index (χ4v) is 2.90. The number of ether oxygens (including phenoxy) is 1. The number of nitrogens with zero attached hydrogens (tertiary/aromatic N) is 1. The minimum absolute atomic E-state index is 0.0358. The maximum atomic E-state index is 13.0. The Morgan fingerprint density at radius 1 is 1.18 bits per heavy atom. The Morgan fingerprint density at radius 3 is 2.46 bits per heavy atom. The molecule has 0 spiro atoms. The van der Waals surface area contributed by atoms with Crippen molar-refractivity contribution < 1.29 is 14.3 Å². The summed E-state index contributed by atoms with van der Waals surface area (Å²) in [6.07, 6.45) is 1.65. The molecule has 0 saturated heterocycles. The van der Waals surface area contributed by atoms with E-state index >= 15 is 0 Å². The molecule has 0 bridgehead atoms. The number of nitrogen functional groups attached to an aromatic ring is 1. The third kappa shape index (κ3) is 3.99. The Bertz CT molecular complexity index is 943. The van der Waals surface area contributed by atoms with Crippen LogP contribution in [-0.4, -0.2) is 18.4 Å². The lowest BCUT2D eigenvalue weighted by molar-refractivity contribution is -0.123. The lowest BCUT2D eigenvalue weighted by Gasteiger charge is -2.30. The molecule has 1 heterocycles. The summed E-state index contributed by atoms with van der Waals surface area (Å²) in [5.74, 6) is 4.80. The van der Waals surface area contributed by atoms with Gasteiger partial charge in [-0.2, -0.15) is 0 Å². The van der Waals surface area contributed by atoms with Gasteiger partial charge in [-0.15, -0.1) is 0 Å². The van der Waals surface area contributed by atoms with Gasteiger partial charge in [-0.25, -0.2) is 5.84 Å². The monoisotopic (exact) mass is 380 g/mol. The van der Waals surface area contributed by atoms with Gasteiger partial charge < -0.3 is 10.5 Å². The first-order chi connectivity index (χ1) is 13.2. The van der Waals surface area contributed by atoms with E-state index < -0.39 is 11.8 Å². The predicted octanol–water partition coefficient (Wildman–Crippen LogP) is 2.32. The number of fused-ring (bicyclic) bond motifs is 1. The Morgan fingerprint density at radius 2 is 1.86 bits per heavy atom. The van der Waals surface area contributed by atoms with Gasteiger partial charge in [-0.05, 0) is 40.8 Å². The molecule has 28 heavy (non-hydrogen) atoms. The highest BCUT2D eigenvalue weighted by molar-refractivity contribution is 6.12. The SMILES string of the molecule is CC(C)(C)c1ccc(/C=C2/Oc3ccc(N)cc3N(CC(=O)NN)C2=O)cc1. The first-order valence-electron chi connectivity index (χ1n) is 8.90. The molecule has 0 saturated carbocycles. The molecule has 0 aliphatic carbocycles. The van der Waals surface area contributed by atoms with Crippen LogP contribution in [0.5, 0.6) is 5.75 Å². The number of carbonyl (C=O) groups excluding carboxylic acids is 2. The molecule has 5 N–H and O–H groups in total. The van der Waals surface area contributed by atoms with Crippen LogP contribution in [0.4, 0.5) is 11.4 Å². The zero-order chi connectivity index (χ0) is 20.5. The van der Waals surface area contributed by atoms with E-state index in [1.807, 2.05) is 29.7 Å². The summed E-state index contributed by atoms with van der Waals surface area (Å²) in [4.78, 5) is 26.0. The van der Waals surface area contributed by atoms with Crippen LogP contribution in [0.15, 0.2) is 48.2 Å². The van der Waals surface area contributed by atoms with Crippen molar-refractivity contribution in [3.63, 3.8) is 0 Å². The van der Waals surface area contributed by atoms with Crippen LogP contribution in [0, 0.1) is 0 Å². The van der Waals surface area contributed by atoms with Crippen molar-refractivity contribution in [3.8, 4) is 5.75 Å². The summed E-state index contributed by atoms with van der Waals surface area (Å²) < 4.78 is 5.80. The topological polar surface area (TPSA) is 111 Å². The van der Waals surface area contributed by atoms with E-state index in [2.05, 4.69) is 20.8 Å². The molecule has 1 aliphatic rings. The quantitative estimate of drug-likeness (QED) is 0.249. The minimum Gasteiger partial charge on any atom is -0.449 e. The number of rotatable bonds is 3. The van der Waals surface area contributed by atoms with Crippen LogP contribution >= 0.6 is 0 Å². The lowest BCUT2D eigenvalue weighted by atomic mass is 9.87. The molecule has 2 aromatic rings. The van der Waals surface area contributed by atoms with Gasteiger partial charge in [0, 0.05) is 5.69 Å². The number of hydrazine groups is 1. The fraction of sp³-hybridized carbons (Fsp3) is 0.238. The predicted molar refractivity (Wildman–Crippen MR) is 109 cm³/mol. The molecule has 146 valence electrons. The maximum absolute atomic E-state index is 13.0. The van der Waals surface area contributed by atoms with Crippen LogP contribution in [-0.2, 0) is 15.0 Å².